The molecule has 4 rings (SSSR count). The van der Waals surface area contributed by atoms with Crippen molar-refractivity contribution in [3.63, 3.8) is 0 Å². The normalized spacial score (nSPS) is 28.9. The molecule has 0 spiro atoms. The van der Waals surface area contributed by atoms with E-state index in [0.29, 0.717) is 23.9 Å². The highest BCUT2D eigenvalue weighted by atomic mass is 32.1. The minimum Gasteiger partial charge on any atom is -0.363 e. The Balaban J connectivity index is 1.43. The fourth-order valence-corrected chi connectivity index (χ4v) is 4.52. The first kappa shape index (κ1) is 14.4. The highest BCUT2D eigenvalue weighted by Crippen LogP contribution is 2.38. The summed E-state index contributed by atoms with van der Waals surface area (Å²) in [4.78, 5) is 8.39. The zero-order chi connectivity index (χ0) is 15.1. The van der Waals surface area contributed by atoms with E-state index in [9.17, 15) is 0 Å². The van der Waals surface area contributed by atoms with Gasteiger partial charge in [0.25, 0.3) is 5.89 Å². The van der Waals surface area contributed by atoms with E-state index in [2.05, 4.69) is 33.4 Å². The average molecular weight is 319 g/mol. The topological polar surface area (TPSA) is 51.4 Å². The molecule has 4 heterocycles. The molecular formula is C16H21N3O2S. The maximum absolute atomic E-state index is 6.25. The van der Waals surface area contributed by atoms with Crippen LogP contribution in [0.15, 0.2) is 16.0 Å². The Morgan fingerprint density at radius 3 is 2.95 bits per heavy atom. The Kier molecular flexibility index (Phi) is 3.76. The lowest BCUT2D eigenvalue weighted by atomic mass is 9.99. The monoisotopic (exact) mass is 319 g/mol. The molecule has 0 radical (unpaired) electrons. The second kappa shape index (κ2) is 5.76. The number of fused-ring (bicyclic) bond motifs is 1. The fraction of sp³-hybridized carbons (Fsp3) is 0.625. The van der Waals surface area contributed by atoms with Gasteiger partial charge in [0.1, 0.15) is 6.10 Å². The summed E-state index contributed by atoms with van der Waals surface area (Å²) in [5, 5.41) is 6.06. The molecule has 0 aliphatic carbocycles. The molecule has 0 bridgehead atoms. The van der Waals surface area contributed by atoms with Crippen LogP contribution in [0, 0.1) is 13.8 Å². The van der Waals surface area contributed by atoms with Crippen LogP contribution in [0.1, 0.15) is 47.5 Å². The summed E-state index contributed by atoms with van der Waals surface area (Å²) in [6.07, 6.45) is 3.47. The van der Waals surface area contributed by atoms with Crippen LogP contribution in [0.3, 0.4) is 0 Å². The molecule has 2 saturated heterocycles. The molecular weight excluding hydrogens is 298 g/mol. The van der Waals surface area contributed by atoms with Gasteiger partial charge in [0.15, 0.2) is 5.82 Å². The first-order valence-electron chi connectivity index (χ1n) is 7.93. The van der Waals surface area contributed by atoms with Crippen LogP contribution in [-0.2, 0) is 11.3 Å². The average Bonchev–Trinajstić information content (AvgIpc) is 3.21. The van der Waals surface area contributed by atoms with Crippen LogP contribution >= 0.6 is 11.3 Å². The molecule has 2 fully saturated rings. The molecule has 5 nitrogen and oxygen atoms in total. The summed E-state index contributed by atoms with van der Waals surface area (Å²) in [5.41, 5.74) is 1.41. The standard InChI is InChI=1S/C16H21N3O2S/c1-10-6-8-22-15(10)9-19-7-5-13-12(19)3-4-14(20-13)16-17-11(2)18-21-16/h6,8,12-14H,3-5,7,9H2,1-2H3/t12-,13-,14+/m1/s1. The van der Waals surface area contributed by atoms with Gasteiger partial charge in [-0.2, -0.15) is 4.98 Å². The first-order chi connectivity index (χ1) is 10.7. The predicted octanol–water partition coefficient (Wildman–Crippen LogP) is 3.24. The zero-order valence-electron chi connectivity index (χ0n) is 13.0. The van der Waals surface area contributed by atoms with Crippen molar-refractivity contribution in [3.8, 4) is 0 Å². The van der Waals surface area contributed by atoms with Crippen molar-refractivity contribution >= 4 is 11.3 Å². The van der Waals surface area contributed by atoms with Crippen molar-refractivity contribution in [1.82, 2.24) is 15.0 Å². The number of hydrogen-bond acceptors (Lipinski definition) is 6. The van der Waals surface area contributed by atoms with Crippen molar-refractivity contribution < 1.29 is 9.26 Å². The van der Waals surface area contributed by atoms with Crippen molar-refractivity contribution in [2.75, 3.05) is 6.54 Å². The second-order valence-electron chi connectivity index (χ2n) is 6.27. The lowest BCUT2D eigenvalue weighted by Crippen LogP contribution is -2.40. The van der Waals surface area contributed by atoms with Gasteiger partial charge >= 0.3 is 0 Å². The van der Waals surface area contributed by atoms with Gasteiger partial charge in [-0.15, -0.1) is 11.3 Å². The molecule has 2 aliphatic heterocycles. The number of nitrogens with zero attached hydrogens (tertiary/aromatic N) is 3. The molecule has 3 atom stereocenters. The van der Waals surface area contributed by atoms with Gasteiger partial charge in [0.05, 0.1) is 6.10 Å². The summed E-state index contributed by atoms with van der Waals surface area (Å²) in [7, 11) is 0. The molecule has 2 aliphatic rings. The Labute approximate surface area is 134 Å². The third-order valence-corrected chi connectivity index (χ3v) is 5.80. The third kappa shape index (κ3) is 2.59. The van der Waals surface area contributed by atoms with Gasteiger partial charge in [-0.1, -0.05) is 5.16 Å². The van der Waals surface area contributed by atoms with Gasteiger partial charge < -0.3 is 9.26 Å². The summed E-state index contributed by atoms with van der Waals surface area (Å²) >= 11 is 1.86. The summed E-state index contributed by atoms with van der Waals surface area (Å²) in [5.74, 6) is 1.32. The Hall–Kier alpha value is -1.24. The second-order valence-corrected chi connectivity index (χ2v) is 7.27. The lowest BCUT2D eigenvalue weighted by Gasteiger charge is -2.34. The molecule has 2 aromatic heterocycles. The number of hydrogen-bond donors (Lipinski definition) is 0. The molecule has 22 heavy (non-hydrogen) atoms. The molecule has 2 aromatic rings. The van der Waals surface area contributed by atoms with Crippen LogP contribution in [0.25, 0.3) is 0 Å². The minimum absolute atomic E-state index is 0.0223. The van der Waals surface area contributed by atoms with E-state index in [1.165, 1.54) is 10.4 Å². The molecule has 0 aromatic carbocycles. The van der Waals surface area contributed by atoms with Crippen molar-refractivity contribution in [1.29, 1.82) is 0 Å². The maximum Gasteiger partial charge on any atom is 0.255 e. The van der Waals surface area contributed by atoms with Crippen LogP contribution in [0.5, 0.6) is 0 Å². The van der Waals surface area contributed by atoms with Gasteiger partial charge in [-0.25, -0.2) is 0 Å². The molecule has 6 heteroatoms. The number of ether oxygens (including phenoxy) is 1. The SMILES string of the molecule is Cc1noc([C@@H]2CC[C@@H]3[C@@H](CCN3Cc3sccc3C)O2)n1. The van der Waals surface area contributed by atoms with Crippen LogP contribution in [0.4, 0.5) is 0 Å². The Bertz CT molecular complexity index is 653. The number of thiophene rings is 1. The lowest BCUT2D eigenvalue weighted by molar-refractivity contribution is -0.0831. The van der Waals surface area contributed by atoms with E-state index < -0.39 is 0 Å². The maximum atomic E-state index is 6.25. The Morgan fingerprint density at radius 2 is 2.23 bits per heavy atom. The van der Waals surface area contributed by atoms with Crippen molar-refractivity contribution in [3.05, 3.63) is 33.6 Å². The van der Waals surface area contributed by atoms with Gasteiger partial charge in [0.2, 0.25) is 0 Å². The molecule has 0 saturated carbocycles. The fourth-order valence-electron chi connectivity index (χ4n) is 3.59. The van der Waals surface area contributed by atoms with E-state index >= 15 is 0 Å². The number of aromatic nitrogens is 2. The quantitative estimate of drug-likeness (QED) is 0.869. The smallest absolute Gasteiger partial charge is 0.255 e. The molecule has 0 amide bonds. The number of aryl methyl sites for hydroxylation is 2. The summed E-state index contributed by atoms with van der Waals surface area (Å²) in [6, 6.07) is 2.74. The number of rotatable bonds is 3. The molecule has 118 valence electrons. The minimum atomic E-state index is -0.0223. The van der Waals surface area contributed by atoms with E-state index in [4.69, 9.17) is 9.26 Å². The van der Waals surface area contributed by atoms with Crippen LogP contribution in [-0.4, -0.2) is 33.7 Å². The van der Waals surface area contributed by atoms with Crippen molar-refractivity contribution in [2.24, 2.45) is 0 Å². The first-order valence-corrected chi connectivity index (χ1v) is 8.81. The van der Waals surface area contributed by atoms with Gasteiger partial charge in [0, 0.05) is 24.0 Å². The van der Waals surface area contributed by atoms with E-state index in [0.717, 1.165) is 32.4 Å². The van der Waals surface area contributed by atoms with Crippen LogP contribution in [0.2, 0.25) is 0 Å². The van der Waals surface area contributed by atoms with E-state index in [-0.39, 0.29) is 6.10 Å². The van der Waals surface area contributed by atoms with Gasteiger partial charge in [-0.3, -0.25) is 4.90 Å². The van der Waals surface area contributed by atoms with Crippen molar-refractivity contribution in [2.45, 2.75) is 57.9 Å². The highest BCUT2D eigenvalue weighted by Gasteiger charge is 2.41. The van der Waals surface area contributed by atoms with E-state index in [1.54, 1.807) is 0 Å². The van der Waals surface area contributed by atoms with Gasteiger partial charge in [-0.05, 0) is 50.1 Å². The Morgan fingerprint density at radius 1 is 1.32 bits per heavy atom. The molecule has 0 N–H and O–H groups in total. The molecule has 0 unspecified atom stereocenters. The summed E-state index contributed by atoms with van der Waals surface area (Å²) in [6.45, 7) is 6.21. The highest BCUT2D eigenvalue weighted by molar-refractivity contribution is 7.10. The number of likely N-dealkylation sites (tertiary alicyclic amines) is 1. The van der Waals surface area contributed by atoms with Crippen LogP contribution < -0.4 is 0 Å². The van der Waals surface area contributed by atoms with E-state index in [1.807, 2.05) is 18.3 Å². The predicted molar refractivity (Wildman–Crippen MR) is 83.8 cm³/mol. The third-order valence-electron chi connectivity index (χ3n) is 4.80. The zero-order valence-corrected chi connectivity index (χ0v) is 13.8. The summed E-state index contributed by atoms with van der Waals surface area (Å²) < 4.78 is 11.5. The largest absolute Gasteiger partial charge is 0.363 e.